The average molecular weight is 490 g/mol. The summed E-state index contributed by atoms with van der Waals surface area (Å²) in [5.41, 5.74) is 2.71. The van der Waals surface area contributed by atoms with Crippen LogP contribution in [0.2, 0.25) is 0 Å². The fourth-order valence-electron chi connectivity index (χ4n) is 3.55. The second kappa shape index (κ2) is 9.67. The van der Waals surface area contributed by atoms with Gasteiger partial charge in [-0.3, -0.25) is 9.36 Å². The van der Waals surface area contributed by atoms with E-state index in [1.807, 2.05) is 65.4 Å². The molecule has 0 unspecified atom stereocenters. The topological polar surface area (TPSA) is 103 Å². The molecule has 0 fully saturated rings. The highest BCUT2D eigenvalue weighted by molar-refractivity contribution is 7.99. The van der Waals surface area contributed by atoms with Crippen LogP contribution in [0.4, 0.5) is 0 Å². The highest BCUT2D eigenvalue weighted by Gasteiger charge is 2.25. The van der Waals surface area contributed by atoms with Crippen LogP contribution in [-0.4, -0.2) is 38.1 Å². The lowest BCUT2D eigenvalue weighted by Gasteiger charge is -2.11. The molecule has 1 atom stereocenters. The van der Waals surface area contributed by atoms with Crippen molar-refractivity contribution in [3.8, 4) is 29.0 Å². The summed E-state index contributed by atoms with van der Waals surface area (Å²) in [6.07, 6.45) is 0. The maximum Gasteiger partial charge on any atom is 0.231 e. The molecule has 170 valence electrons. The summed E-state index contributed by atoms with van der Waals surface area (Å²) < 4.78 is 12.9. The molecule has 0 saturated heterocycles. The lowest BCUT2D eigenvalue weighted by atomic mass is 10.1. The Labute approximate surface area is 204 Å². The molecule has 8 nitrogen and oxygen atoms in total. The van der Waals surface area contributed by atoms with Crippen LogP contribution in [0.3, 0.4) is 0 Å². The maximum atomic E-state index is 12.9. The fourth-order valence-corrected chi connectivity index (χ4v) is 5.25. The smallest absolute Gasteiger partial charge is 0.231 e. The average Bonchev–Trinajstić information content (AvgIpc) is 3.59. The molecule has 1 aliphatic heterocycles. The summed E-state index contributed by atoms with van der Waals surface area (Å²) in [5.74, 6) is 1.11. The Hall–Kier alpha value is -3.68. The van der Waals surface area contributed by atoms with Crippen LogP contribution >= 0.6 is 23.1 Å². The molecule has 0 radical (unpaired) electrons. The Morgan fingerprint density at radius 3 is 2.79 bits per heavy atom. The van der Waals surface area contributed by atoms with Crippen LogP contribution in [0.5, 0.6) is 11.5 Å². The van der Waals surface area contributed by atoms with Crippen LogP contribution in [0.15, 0.2) is 59.1 Å². The molecular formula is C24H19N5O3S2. The minimum Gasteiger partial charge on any atom is -0.454 e. The highest BCUT2D eigenvalue weighted by Crippen LogP contribution is 2.34. The molecule has 4 aromatic rings. The summed E-state index contributed by atoms with van der Waals surface area (Å²) >= 11 is 2.60. The van der Waals surface area contributed by atoms with E-state index in [0.717, 1.165) is 22.6 Å². The van der Waals surface area contributed by atoms with Gasteiger partial charge in [0.1, 0.15) is 5.01 Å². The molecule has 0 bridgehead atoms. The van der Waals surface area contributed by atoms with E-state index in [4.69, 9.17) is 9.47 Å². The first-order chi connectivity index (χ1) is 16.6. The molecule has 0 amide bonds. The second-order valence-electron chi connectivity index (χ2n) is 7.59. The summed E-state index contributed by atoms with van der Waals surface area (Å²) in [4.78, 5) is 17.2. The van der Waals surface area contributed by atoms with Gasteiger partial charge in [0.15, 0.2) is 34.2 Å². The molecule has 10 heteroatoms. The van der Waals surface area contributed by atoms with Crippen LogP contribution in [-0.2, 0) is 11.3 Å². The van der Waals surface area contributed by atoms with E-state index in [-0.39, 0.29) is 18.3 Å². The fraction of sp³-hybridized carbons (Fsp3) is 0.208. The maximum absolute atomic E-state index is 12.9. The first-order valence-electron chi connectivity index (χ1n) is 10.5. The summed E-state index contributed by atoms with van der Waals surface area (Å²) in [6, 6.07) is 17.7. The normalized spacial score (nSPS) is 12.9. The van der Waals surface area contributed by atoms with Gasteiger partial charge in [0.25, 0.3) is 0 Å². The third-order valence-electron chi connectivity index (χ3n) is 5.20. The third-order valence-corrected chi connectivity index (χ3v) is 7.22. The van der Waals surface area contributed by atoms with Gasteiger partial charge in [-0.25, -0.2) is 4.98 Å². The van der Waals surface area contributed by atoms with Gasteiger partial charge in [-0.05, 0) is 24.6 Å². The van der Waals surface area contributed by atoms with Crippen molar-refractivity contribution in [1.29, 1.82) is 5.26 Å². The first-order valence-corrected chi connectivity index (χ1v) is 12.3. The number of fused-ring (bicyclic) bond motifs is 1. The quantitative estimate of drug-likeness (QED) is 0.334. The number of hydrogen-bond acceptors (Lipinski definition) is 9. The Kier molecular flexibility index (Phi) is 6.29. The zero-order valence-corrected chi connectivity index (χ0v) is 19.8. The monoisotopic (exact) mass is 489 g/mol. The van der Waals surface area contributed by atoms with Gasteiger partial charge in [0.2, 0.25) is 6.79 Å². The number of nitriles is 1. The van der Waals surface area contributed by atoms with Crippen LogP contribution < -0.4 is 9.47 Å². The van der Waals surface area contributed by atoms with Crippen LogP contribution in [0, 0.1) is 18.3 Å². The number of ether oxygens (including phenoxy) is 2. The number of aromatic nitrogens is 4. The molecule has 5 rings (SSSR count). The Bertz CT molecular complexity index is 1380. The van der Waals surface area contributed by atoms with Gasteiger partial charge >= 0.3 is 0 Å². The summed E-state index contributed by atoms with van der Waals surface area (Å²) in [6.45, 7) is 2.54. The lowest BCUT2D eigenvalue weighted by Crippen LogP contribution is -2.14. The number of hydrogen-bond donors (Lipinski definition) is 0. The Balaban J connectivity index is 1.41. The van der Waals surface area contributed by atoms with Crippen molar-refractivity contribution in [2.75, 3.05) is 12.5 Å². The number of nitrogens with zero attached hydrogens (tertiary/aromatic N) is 5. The van der Waals surface area contributed by atoms with Crippen molar-refractivity contribution in [3.63, 3.8) is 0 Å². The molecule has 0 aliphatic carbocycles. The van der Waals surface area contributed by atoms with E-state index >= 15 is 0 Å². The first kappa shape index (κ1) is 22.1. The number of aryl methyl sites for hydroxylation is 1. The van der Waals surface area contributed by atoms with Crippen LogP contribution in [0.25, 0.3) is 11.4 Å². The van der Waals surface area contributed by atoms with Crippen molar-refractivity contribution in [3.05, 3.63) is 70.2 Å². The minimum atomic E-state index is -0.884. The standard InChI is InChI=1S/C24H19N5O3S2/c1-15-12-33-23(26-15)18(10-25)19(30)13-34-24-28-27-22(17-5-3-2-4-6-17)29(24)11-16-7-8-20-21(9-16)32-14-31-20/h2-9,12,18H,11,13-14H2,1H3/t18-/m0/s1. The SMILES string of the molecule is Cc1csc([C@@H](C#N)C(=O)CSc2nnc(-c3ccccc3)n2Cc2ccc3c(c2)OCO3)n1. The number of carbonyl (C=O) groups excluding carboxylic acids is 1. The van der Waals surface area contributed by atoms with Crippen molar-refractivity contribution in [2.45, 2.75) is 24.5 Å². The molecular weight excluding hydrogens is 470 g/mol. The van der Waals surface area contributed by atoms with Gasteiger partial charge in [0.05, 0.1) is 18.4 Å². The van der Waals surface area contributed by atoms with Gasteiger partial charge in [-0.2, -0.15) is 5.26 Å². The molecule has 3 heterocycles. The van der Waals surface area contributed by atoms with E-state index in [1.165, 1.54) is 23.1 Å². The Morgan fingerprint density at radius 1 is 1.21 bits per heavy atom. The minimum absolute atomic E-state index is 0.0882. The van der Waals surface area contributed by atoms with E-state index in [9.17, 15) is 10.1 Å². The zero-order chi connectivity index (χ0) is 23.5. The van der Waals surface area contributed by atoms with E-state index in [0.29, 0.717) is 28.3 Å². The van der Waals surface area contributed by atoms with Crippen molar-refractivity contribution in [2.24, 2.45) is 0 Å². The van der Waals surface area contributed by atoms with Crippen molar-refractivity contribution < 1.29 is 14.3 Å². The number of rotatable bonds is 8. The van der Waals surface area contributed by atoms with Crippen molar-refractivity contribution in [1.82, 2.24) is 19.7 Å². The van der Waals surface area contributed by atoms with Crippen LogP contribution in [0.1, 0.15) is 22.2 Å². The molecule has 2 aromatic carbocycles. The van der Waals surface area contributed by atoms with E-state index < -0.39 is 5.92 Å². The summed E-state index contributed by atoms with van der Waals surface area (Å²) in [5, 5.41) is 21.3. The number of carbonyl (C=O) groups is 1. The van der Waals surface area contributed by atoms with Gasteiger partial charge in [-0.1, -0.05) is 48.2 Å². The molecule has 34 heavy (non-hydrogen) atoms. The molecule has 2 aromatic heterocycles. The van der Waals surface area contributed by atoms with Gasteiger partial charge < -0.3 is 9.47 Å². The zero-order valence-electron chi connectivity index (χ0n) is 18.2. The number of ketones is 1. The second-order valence-corrected chi connectivity index (χ2v) is 9.42. The molecule has 0 saturated carbocycles. The van der Waals surface area contributed by atoms with Crippen molar-refractivity contribution >= 4 is 28.9 Å². The summed E-state index contributed by atoms with van der Waals surface area (Å²) in [7, 11) is 0. The molecule has 0 spiro atoms. The molecule has 0 N–H and O–H groups in total. The van der Waals surface area contributed by atoms with Gasteiger partial charge in [-0.15, -0.1) is 21.5 Å². The third kappa shape index (κ3) is 4.53. The number of thioether (sulfide) groups is 1. The van der Waals surface area contributed by atoms with E-state index in [2.05, 4.69) is 21.3 Å². The predicted molar refractivity (Wildman–Crippen MR) is 128 cm³/mol. The van der Waals surface area contributed by atoms with Gasteiger partial charge in [0, 0.05) is 16.6 Å². The number of thiazole rings is 1. The van der Waals surface area contributed by atoms with E-state index in [1.54, 1.807) is 0 Å². The number of Topliss-reactive ketones (excluding diaryl/α,β-unsaturated/α-hetero) is 1. The lowest BCUT2D eigenvalue weighted by molar-refractivity contribution is -0.116. The highest BCUT2D eigenvalue weighted by atomic mass is 32.2. The predicted octanol–water partition coefficient (Wildman–Crippen LogP) is 4.46. The molecule has 1 aliphatic rings. The largest absolute Gasteiger partial charge is 0.454 e. The number of benzene rings is 2. The Morgan fingerprint density at radius 2 is 2.03 bits per heavy atom.